The highest BCUT2D eigenvalue weighted by Crippen LogP contribution is 2.72. The molecule has 5 rings (SSSR count). The van der Waals surface area contributed by atoms with Crippen molar-refractivity contribution in [2.45, 2.75) is 71.3 Å². The molecule has 0 aromatic heterocycles. The van der Waals surface area contributed by atoms with Gasteiger partial charge in [0.05, 0.1) is 11.5 Å². The van der Waals surface area contributed by atoms with Crippen LogP contribution in [-0.2, 0) is 15.6 Å². The van der Waals surface area contributed by atoms with E-state index in [2.05, 4.69) is 6.92 Å². The first kappa shape index (κ1) is 18.9. The number of aliphatic carboxylic acids is 1. The van der Waals surface area contributed by atoms with Crippen LogP contribution in [0.4, 0.5) is 0 Å². The highest BCUT2D eigenvalue weighted by molar-refractivity contribution is 7.84. The highest BCUT2D eigenvalue weighted by Gasteiger charge is 2.68. The van der Waals surface area contributed by atoms with Gasteiger partial charge in [-0.25, -0.2) is 0 Å². The van der Waals surface area contributed by atoms with E-state index in [-0.39, 0.29) is 28.8 Å². The van der Waals surface area contributed by atoms with Crippen molar-refractivity contribution in [2.24, 2.45) is 39.9 Å². The summed E-state index contributed by atoms with van der Waals surface area (Å²) in [4.78, 5) is 12.1. The van der Waals surface area contributed by atoms with Gasteiger partial charge in [-0.15, -0.1) is 0 Å². The molecular weight excluding hydrogens is 348 g/mol. The summed E-state index contributed by atoms with van der Waals surface area (Å²) in [5.41, 5.74) is -0.680. The molecule has 9 atom stereocenters. The summed E-state index contributed by atoms with van der Waals surface area (Å²) in [7, 11) is -0.876. The molecule has 0 amide bonds. The van der Waals surface area contributed by atoms with Gasteiger partial charge in [-0.1, -0.05) is 13.3 Å². The smallest absolute Gasteiger partial charge is 0.309 e. The fraction of sp³-hybridized carbons (Fsp3) is 0.952. The maximum Gasteiger partial charge on any atom is 0.309 e. The Morgan fingerprint density at radius 1 is 1.12 bits per heavy atom. The number of hydrogen-bond donors (Lipinski definition) is 2. The predicted octanol–water partition coefficient (Wildman–Crippen LogP) is 3.45. The first-order chi connectivity index (χ1) is 12.1. The molecule has 0 saturated heterocycles. The summed E-state index contributed by atoms with van der Waals surface area (Å²) in [6.07, 6.45) is 9.42. The van der Waals surface area contributed by atoms with Gasteiger partial charge in [0.15, 0.2) is 0 Å². The van der Waals surface area contributed by atoms with E-state index in [0.717, 1.165) is 51.4 Å². The molecule has 2 N–H and O–H groups in total. The molecule has 5 fully saturated rings. The Morgan fingerprint density at radius 3 is 2.46 bits per heavy atom. The minimum Gasteiger partial charge on any atom is -0.481 e. The van der Waals surface area contributed by atoms with Crippen LogP contribution in [0.15, 0.2) is 0 Å². The van der Waals surface area contributed by atoms with E-state index in [1.807, 2.05) is 6.92 Å². The van der Waals surface area contributed by atoms with E-state index >= 15 is 0 Å². The number of rotatable bonds is 3. The molecule has 5 aliphatic carbocycles. The second kappa shape index (κ2) is 6.04. The molecule has 26 heavy (non-hydrogen) atoms. The van der Waals surface area contributed by atoms with Crippen molar-refractivity contribution < 1.29 is 19.2 Å². The number of carbonyl (C=O) groups is 1. The van der Waals surface area contributed by atoms with Crippen LogP contribution < -0.4 is 0 Å². The van der Waals surface area contributed by atoms with Crippen molar-refractivity contribution in [3.63, 3.8) is 0 Å². The standard InChI is InChI=1S/C21H34O4S/c1-19-7-4-8-20(2,18(23)24)15(19)6-10-21-9-5-13(11-16(19)21)14(17(21)22)12-26(3)25/h13-17,22H,4-12H2,1-3H3,(H,23,24)/t13-,14-,15-,16-,17-,19+,20+,21-,26?/m0/s1. The van der Waals surface area contributed by atoms with Gasteiger partial charge >= 0.3 is 5.97 Å². The third-order valence-corrected chi connectivity index (χ3v) is 10.3. The zero-order valence-corrected chi connectivity index (χ0v) is 17.2. The maximum atomic E-state index is 12.1. The lowest BCUT2D eigenvalue weighted by Gasteiger charge is -2.69. The molecular formula is C21H34O4S. The summed E-state index contributed by atoms with van der Waals surface area (Å²) in [6, 6.07) is 0. The van der Waals surface area contributed by atoms with E-state index in [4.69, 9.17) is 0 Å². The summed E-state index contributed by atoms with van der Waals surface area (Å²) >= 11 is 0. The van der Waals surface area contributed by atoms with Gasteiger partial charge in [0.2, 0.25) is 0 Å². The lowest BCUT2D eigenvalue weighted by atomic mass is 9.35. The average molecular weight is 383 g/mol. The predicted molar refractivity (Wildman–Crippen MR) is 102 cm³/mol. The quantitative estimate of drug-likeness (QED) is 0.784. The summed E-state index contributed by atoms with van der Waals surface area (Å²) < 4.78 is 11.9. The molecule has 0 aromatic carbocycles. The van der Waals surface area contributed by atoms with Crippen LogP contribution in [-0.4, -0.2) is 38.5 Å². The maximum absolute atomic E-state index is 12.1. The number of fused-ring (bicyclic) bond motifs is 3. The molecule has 5 aliphatic rings. The molecule has 5 saturated carbocycles. The SMILES string of the molecule is CS(=O)C[C@H]1[C@H]2CC[C@@]3(CC[C@H]4[C@@](C)(CCC[C@@]4(C)C(=O)O)[C@@H]3C2)[C@H]1O. The lowest BCUT2D eigenvalue weighted by Crippen LogP contribution is -2.67. The van der Waals surface area contributed by atoms with Crippen LogP contribution >= 0.6 is 0 Å². The Balaban J connectivity index is 1.71. The van der Waals surface area contributed by atoms with Crippen LogP contribution in [0, 0.1) is 39.9 Å². The monoisotopic (exact) mass is 382 g/mol. The van der Waals surface area contributed by atoms with Gasteiger partial charge < -0.3 is 10.2 Å². The molecule has 0 radical (unpaired) electrons. The summed E-state index contributed by atoms with van der Waals surface area (Å²) in [5, 5.41) is 21.4. The number of hydrogen-bond acceptors (Lipinski definition) is 3. The topological polar surface area (TPSA) is 74.6 Å². The zero-order chi connectivity index (χ0) is 18.9. The fourth-order valence-electron chi connectivity index (χ4n) is 8.23. The molecule has 0 aliphatic heterocycles. The van der Waals surface area contributed by atoms with Crippen LogP contribution in [0.1, 0.15) is 65.2 Å². The first-order valence-electron chi connectivity index (χ1n) is 10.4. The van der Waals surface area contributed by atoms with Gasteiger partial charge in [-0.2, -0.15) is 0 Å². The fourth-order valence-corrected chi connectivity index (χ4v) is 9.23. The molecule has 148 valence electrons. The summed E-state index contributed by atoms with van der Waals surface area (Å²) in [6.45, 7) is 4.31. The van der Waals surface area contributed by atoms with Crippen molar-refractivity contribution in [3.05, 3.63) is 0 Å². The van der Waals surface area contributed by atoms with Crippen molar-refractivity contribution in [1.29, 1.82) is 0 Å². The first-order valence-corrected chi connectivity index (χ1v) is 12.1. The normalized spacial score (nSPS) is 54.2. The van der Waals surface area contributed by atoms with Gasteiger partial charge in [0, 0.05) is 22.8 Å². The largest absolute Gasteiger partial charge is 0.481 e. The Morgan fingerprint density at radius 2 is 1.81 bits per heavy atom. The number of aliphatic hydroxyl groups is 1. The molecule has 2 bridgehead atoms. The van der Waals surface area contributed by atoms with E-state index in [9.17, 15) is 19.2 Å². The molecule has 1 unspecified atom stereocenters. The van der Waals surface area contributed by atoms with Crippen molar-refractivity contribution in [3.8, 4) is 0 Å². The average Bonchev–Trinajstić information content (AvgIpc) is 2.57. The van der Waals surface area contributed by atoms with Crippen molar-refractivity contribution in [2.75, 3.05) is 12.0 Å². The van der Waals surface area contributed by atoms with E-state index in [1.54, 1.807) is 6.26 Å². The minimum absolute atomic E-state index is 0.0135. The van der Waals surface area contributed by atoms with E-state index < -0.39 is 22.2 Å². The number of aliphatic hydroxyl groups excluding tert-OH is 1. The molecule has 5 heteroatoms. The van der Waals surface area contributed by atoms with Crippen molar-refractivity contribution in [1.82, 2.24) is 0 Å². The minimum atomic E-state index is -0.876. The Bertz CT molecular complexity index is 636. The molecule has 4 nitrogen and oxygen atoms in total. The van der Waals surface area contributed by atoms with Gasteiger partial charge in [0.1, 0.15) is 0 Å². The molecule has 1 spiro atoms. The Kier molecular flexibility index (Phi) is 4.39. The second-order valence-corrected chi connectivity index (χ2v) is 11.8. The third-order valence-electron chi connectivity index (χ3n) is 9.40. The third kappa shape index (κ3) is 2.35. The van der Waals surface area contributed by atoms with Crippen molar-refractivity contribution >= 4 is 16.8 Å². The Labute approximate surface area is 159 Å². The lowest BCUT2D eigenvalue weighted by molar-refractivity contribution is -0.241. The van der Waals surface area contributed by atoms with Crippen LogP contribution in [0.5, 0.6) is 0 Å². The highest BCUT2D eigenvalue weighted by atomic mass is 32.2. The van der Waals surface area contributed by atoms with E-state index in [0.29, 0.717) is 17.6 Å². The molecule has 0 aromatic rings. The number of carboxylic acids is 1. The Hall–Kier alpha value is -0.420. The summed E-state index contributed by atoms with van der Waals surface area (Å²) in [5.74, 6) is 1.23. The van der Waals surface area contributed by atoms with Crippen LogP contribution in [0.25, 0.3) is 0 Å². The van der Waals surface area contributed by atoms with Crippen LogP contribution in [0.2, 0.25) is 0 Å². The molecule has 0 heterocycles. The van der Waals surface area contributed by atoms with Gasteiger partial charge in [0.25, 0.3) is 0 Å². The second-order valence-electron chi connectivity index (χ2n) is 10.3. The van der Waals surface area contributed by atoms with Crippen LogP contribution in [0.3, 0.4) is 0 Å². The van der Waals surface area contributed by atoms with E-state index in [1.165, 1.54) is 0 Å². The van der Waals surface area contributed by atoms with Gasteiger partial charge in [-0.3, -0.25) is 9.00 Å². The number of carboxylic acid groups (broad SMARTS) is 1. The zero-order valence-electron chi connectivity index (χ0n) is 16.4. The van der Waals surface area contributed by atoms with Gasteiger partial charge in [-0.05, 0) is 86.4 Å².